The van der Waals surface area contributed by atoms with Gasteiger partial charge in [0.05, 0.1) is 0 Å². The van der Waals surface area contributed by atoms with E-state index in [0.29, 0.717) is 19.4 Å². The van der Waals surface area contributed by atoms with Crippen LogP contribution in [-0.4, -0.2) is 65.7 Å². The van der Waals surface area contributed by atoms with E-state index in [1.54, 1.807) is 0 Å². The second-order valence-corrected chi connectivity index (χ2v) is 5.56. The van der Waals surface area contributed by atoms with E-state index in [2.05, 4.69) is 5.32 Å². The Morgan fingerprint density at radius 1 is 1.47 bits per heavy atom. The zero-order chi connectivity index (χ0) is 14.6. The summed E-state index contributed by atoms with van der Waals surface area (Å²) < 4.78 is 0. The molecule has 2 unspecified atom stereocenters. The highest BCUT2D eigenvalue weighted by Gasteiger charge is 2.48. The molecule has 1 fully saturated rings. The fourth-order valence-electron chi connectivity index (χ4n) is 2.80. The van der Waals surface area contributed by atoms with E-state index in [4.69, 9.17) is 0 Å². The van der Waals surface area contributed by atoms with Crippen molar-refractivity contribution in [1.82, 2.24) is 15.1 Å². The van der Waals surface area contributed by atoms with Gasteiger partial charge in [-0.25, -0.2) is 9.59 Å². The standard InChI is InChI=1S/C13H25N3O3/c1-5-13(11(17)18)7-6-8-16(13)12(19)14-10(2)9-15(3)4/h10H,5-9H2,1-4H3,(H,14,19)(H,17,18). The van der Waals surface area contributed by atoms with E-state index in [9.17, 15) is 14.7 Å². The topological polar surface area (TPSA) is 72.9 Å². The maximum absolute atomic E-state index is 12.2. The zero-order valence-electron chi connectivity index (χ0n) is 12.3. The highest BCUT2D eigenvalue weighted by atomic mass is 16.4. The Morgan fingerprint density at radius 2 is 2.11 bits per heavy atom. The number of likely N-dealkylation sites (tertiary alicyclic amines) is 1. The SMILES string of the molecule is CCC1(C(=O)O)CCCN1C(=O)NC(C)CN(C)C. The third-order valence-corrected chi connectivity index (χ3v) is 3.73. The number of hydrogen-bond donors (Lipinski definition) is 2. The first kappa shape index (κ1) is 15.8. The number of nitrogens with one attached hydrogen (secondary N) is 1. The predicted octanol–water partition coefficient (Wildman–Crippen LogP) is 0.975. The molecule has 0 bridgehead atoms. The summed E-state index contributed by atoms with van der Waals surface area (Å²) in [6, 6.07) is -0.275. The van der Waals surface area contributed by atoms with Crippen molar-refractivity contribution < 1.29 is 14.7 Å². The molecule has 0 aromatic rings. The molecule has 110 valence electrons. The van der Waals surface area contributed by atoms with Gasteiger partial charge in [-0.15, -0.1) is 0 Å². The van der Waals surface area contributed by atoms with Crippen molar-refractivity contribution >= 4 is 12.0 Å². The Balaban J connectivity index is 2.72. The Bertz CT molecular complexity index is 346. The average Bonchev–Trinajstić information content (AvgIpc) is 2.72. The van der Waals surface area contributed by atoms with Crippen LogP contribution in [-0.2, 0) is 4.79 Å². The van der Waals surface area contributed by atoms with Crippen LogP contribution in [0.4, 0.5) is 4.79 Å². The number of carbonyl (C=O) groups is 2. The third-order valence-electron chi connectivity index (χ3n) is 3.73. The van der Waals surface area contributed by atoms with Crippen molar-refractivity contribution in [3.8, 4) is 0 Å². The van der Waals surface area contributed by atoms with Gasteiger partial charge in [0.25, 0.3) is 0 Å². The Labute approximate surface area is 114 Å². The fraction of sp³-hybridized carbons (Fsp3) is 0.846. The number of carboxylic acids is 1. The zero-order valence-corrected chi connectivity index (χ0v) is 12.3. The third kappa shape index (κ3) is 3.37. The molecule has 6 nitrogen and oxygen atoms in total. The molecule has 0 spiro atoms. The maximum Gasteiger partial charge on any atom is 0.329 e. The molecule has 2 amide bonds. The van der Waals surface area contributed by atoms with Crippen LogP contribution in [0, 0.1) is 0 Å². The highest BCUT2D eigenvalue weighted by Crippen LogP contribution is 2.32. The monoisotopic (exact) mass is 271 g/mol. The minimum absolute atomic E-state index is 0.00792. The molecule has 1 aliphatic rings. The van der Waals surface area contributed by atoms with Crippen molar-refractivity contribution in [2.45, 2.75) is 44.7 Å². The van der Waals surface area contributed by atoms with Gasteiger partial charge in [-0.05, 0) is 40.3 Å². The molecule has 0 saturated carbocycles. The van der Waals surface area contributed by atoms with Gasteiger partial charge in [0.2, 0.25) is 0 Å². The summed E-state index contributed by atoms with van der Waals surface area (Å²) in [5, 5.41) is 12.3. The lowest BCUT2D eigenvalue weighted by Gasteiger charge is -2.34. The summed E-state index contributed by atoms with van der Waals surface area (Å²) in [5.41, 5.74) is -1.03. The molecule has 19 heavy (non-hydrogen) atoms. The largest absolute Gasteiger partial charge is 0.479 e. The summed E-state index contributed by atoms with van der Waals surface area (Å²) in [7, 11) is 3.87. The van der Waals surface area contributed by atoms with E-state index >= 15 is 0 Å². The number of amides is 2. The number of carboxylic acid groups (broad SMARTS) is 1. The van der Waals surface area contributed by atoms with E-state index in [-0.39, 0.29) is 12.1 Å². The van der Waals surface area contributed by atoms with Crippen molar-refractivity contribution in [2.75, 3.05) is 27.2 Å². The van der Waals surface area contributed by atoms with Gasteiger partial charge in [0, 0.05) is 19.1 Å². The molecule has 1 heterocycles. The van der Waals surface area contributed by atoms with Gasteiger partial charge >= 0.3 is 12.0 Å². The molecule has 2 atom stereocenters. The molecular formula is C13H25N3O3. The van der Waals surface area contributed by atoms with Crippen LogP contribution >= 0.6 is 0 Å². The fourth-order valence-corrected chi connectivity index (χ4v) is 2.80. The van der Waals surface area contributed by atoms with Crippen LogP contribution in [0.1, 0.15) is 33.1 Å². The van der Waals surface area contributed by atoms with Gasteiger partial charge in [-0.1, -0.05) is 6.92 Å². The minimum atomic E-state index is -1.03. The molecule has 0 aromatic heterocycles. The van der Waals surface area contributed by atoms with Gasteiger partial charge in [0.1, 0.15) is 5.54 Å². The second kappa shape index (κ2) is 6.23. The van der Waals surface area contributed by atoms with Gasteiger partial charge in [-0.2, -0.15) is 0 Å². The van der Waals surface area contributed by atoms with Crippen LogP contribution in [0.15, 0.2) is 0 Å². The first-order chi connectivity index (χ1) is 8.83. The normalized spacial score (nSPS) is 24.6. The van der Waals surface area contributed by atoms with E-state index in [1.165, 1.54) is 4.90 Å². The van der Waals surface area contributed by atoms with Crippen molar-refractivity contribution in [2.24, 2.45) is 0 Å². The number of aliphatic carboxylic acids is 1. The van der Waals surface area contributed by atoms with Crippen LogP contribution in [0.3, 0.4) is 0 Å². The quantitative estimate of drug-likeness (QED) is 0.781. The molecule has 1 rings (SSSR count). The number of carbonyl (C=O) groups excluding carboxylic acids is 1. The average molecular weight is 271 g/mol. The van der Waals surface area contributed by atoms with Crippen molar-refractivity contribution in [3.63, 3.8) is 0 Å². The predicted molar refractivity (Wildman–Crippen MR) is 73.1 cm³/mol. The van der Waals surface area contributed by atoms with Crippen molar-refractivity contribution in [1.29, 1.82) is 0 Å². The van der Waals surface area contributed by atoms with Crippen LogP contribution in [0.25, 0.3) is 0 Å². The first-order valence-electron chi connectivity index (χ1n) is 6.79. The minimum Gasteiger partial charge on any atom is -0.479 e. The molecule has 1 saturated heterocycles. The van der Waals surface area contributed by atoms with E-state index in [0.717, 1.165) is 13.0 Å². The van der Waals surface area contributed by atoms with E-state index < -0.39 is 11.5 Å². The molecule has 2 N–H and O–H groups in total. The number of urea groups is 1. The van der Waals surface area contributed by atoms with Crippen LogP contribution in [0.5, 0.6) is 0 Å². The number of likely N-dealkylation sites (N-methyl/N-ethyl adjacent to an activating group) is 1. The highest BCUT2D eigenvalue weighted by molar-refractivity contribution is 5.87. The summed E-state index contributed by atoms with van der Waals surface area (Å²) in [5.74, 6) is -0.900. The summed E-state index contributed by atoms with van der Waals surface area (Å²) >= 11 is 0. The number of rotatable bonds is 5. The smallest absolute Gasteiger partial charge is 0.329 e. The summed E-state index contributed by atoms with van der Waals surface area (Å²) in [6.45, 7) is 4.98. The Kier molecular flexibility index (Phi) is 5.17. The lowest BCUT2D eigenvalue weighted by Crippen LogP contribution is -2.57. The van der Waals surface area contributed by atoms with Gasteiger partial charge in [-0.3, -0.25) is 0 Å². The van der Waals surface area contributed by atoms with Gasteiger partial charge < -0.3 is 20.2 Å². The maximum atomic E-state index is 12.2. The second-order valence-electron chi connectivity index (χ2n) is 5.56. The molecule has 0 aliphatic carbocycles. The van der Waals surface area contributed by atoms with Gasteiger partial charge in [0.15, 0.2) is 0 Å². The van der Waals surface area contributed by atoms with Crippen LogP contribution in [0.2, 0.25) is 0 Å². The summed E-state index contributed by atoms with van der Waals surface area (Å²) in [6.07, 6.45) is 1.72. The molecule has 1 aliphatic heterocycles. The first-order valence-corrected chi connectivity index (χ1v) is 6.79. The number of nitrogens with zero attached hydrogens (tertiary/aromatic N) is 2. The molecule has 0 radical (unpaired) electrons. The lowest BCUT2D eigenvalue weighted by molar-refractivity contribution is -0.148. The van der Waals surface area contributed by atoms with Crippen LogP contribution < -0.4 is 5.32 Å². The lowest BCUT2D eigenvalue weighted by atomic mass is 9.93. The van der Waals surface area contributed by atoms with Crippen molar-refractivity contribution in [3.05, 3.63) is 0 Å². The Hall–Kier alpha value is -1.30. The molecule has 6 heteroatoms. The molecule has 0 aromatic carbocycles. The Morgan fingerprint density at radius 3 is 2.58 bits per heavy atom. The molecular weight excluding hydrogens is 246 g/mol. The number of hydrogen-bond acceptors (Lipinski definition) is 3. The van der Waals surface area contributed by atoms with E-state index in [1.807, 2.05) is 32.8 Å². The summed E-state index contributed by atoms with van der Waals surface area (Å²) in [4.78, 5) is 27.2.